The second-order valence-corrected chi connectivity index (χ2v) is 9.51. The topological polar surface area (TPSA) is 128 Å². The number of carbonyl (C=O) groups excluding carboxylic acids is 1. The van der Waals surface area contributed by atoms with Gasteiger partial charge >= 0.3 is 10.1 Å². The van der Waals surface area contributed by atoms with Crippen molar-refractivity contribution in [1.82, 2.24) is 14.5 Å². The van der Waals surface area contributed by atoms with E-state index in [2.05, 4.69) is 22.0 Å². The SMILES string of the molecule is CN(C)CC(Cc1ccccc1)c1cccc(OC(C(N)=O)c2nc(S(=O)(=O)O)cn2C)c1. The van der Waals surface area contributed by atoms with Crippen molar-refractivity contribution < 1.29 is 22.5 Å². The number of primary amides is 1. The lowest BCUT2D eigenvalue weighted by Gasteiger charge is -2.23. The fraction of sp³-hybridized carbons (Fsp3) is 0.304. The number of aromatic nitrogens is 2. The highest BCUT2D eigenvalue weighted by Crippen LogP contribution is 2.28. The van der Waals surface area contributed by atoms with Gasteiger partial charge in [-0.3, -0.25) is 9.35 Å². The van der Waals surface area contributed by atoms with Crippen molar-refractivity contribution in [3.8, 4) is 5.75 Å². The van der Waals surface area contributed by atoms with E-state index in [1.54, 1.807) is 6.07 Å². The lowest BCUT2D eigenvalue weighted by atomic mass is 9.91. The van der Waals surface area contributed by atoms with E-state index in [9.17, 15) is 17.8 Å². The van der Waals surface area contributed by atoms with Crippen LogP contribution in [-0.2, 0) is 28.4 Å². The fourth-order valence-corrected chi connectivity index (χ4v) is 4.16. The molecule has 0 aliphatic carbocycles. The number of aryl methyl sites for hydroxylation is 1. The average Bonchev–Trinajstić information content (AvgIpc) is 3.14. The van der Waals surface area contributed by atoms with Crippen LogP contribution in [0.1, 0.15) is 29.0 Å². The molecule has 3 N–H and O–H groups in total. The molecule has 1 aromatic heterocycles. The van der Waals surface area contributed by atoms with Crippen molar-refractivity contribution in [3.05, 3.63) is 77.7 Å². The molecule has 3 rings (SSSR count). The molecule has 2 aromatic carbocycles. The molecule has 0 radical (unpaired) electrons. The number of amides is 1. The maximum atomic E-state index is 12.1. The maximum absolute atomic E-state index is 12.1. The molecule has 9 nitrogen and oxygen atoms in total. The lowest BCUT2D eigenvalue weighted by molar-refractivity contribution is -0.125. The number of nitrogens with two attached hydrogens (primary N) is 1. The molecule has 176 valence electrons. The van der Waals surface area contributed by atoms with Gasteiger partial charge in [0.05, 0.1) is 0 Å². The highest BCUT2D eigenvalue weighted by molar-refractivity contribution is 7.85. The van der Waals surface area contributed by atoms with Crippen LogP contribution in [0.4, 0.5) is 0 Å². The van der Waals surface area contributed by atoms with Gasteiger partial charge in [0.15, 0.2) is 5.82 Å². The quantitative estimate of drug-likeness (QED) is 0.433. The van der Waals surface area contributed by atoms with Crippen molar-refractivity contribution >= 4 is 16.0 Å². The zero-order chi connectivity index (χ0) is 24.2. The first kappa shape index (κ1) is 24.4. The standard InChI is InChI=1S/C23H28N4O5S/c1-26(2)14-18(12-16-8-5-4-6-9-16)17-10-7-11-19(13-17)32-21(22(24)28)23-25-20(15-27(23)3)33(29,30)31/h4-11,13,15,18,21H,12,14H2,1-3H3,(H2,24,28)(H,29,30,31). The highest BCUT2D eigenvalue weighted by atomic mass is 32.2. The summed E-state index contributed by atoms with van der Waals surface area (Å²) >= 11 is 0. The summed E-state index contributed by atoms with van der Waals surface area (Å²) in [5.74, 6) is -0.318. The number of carbonyl (C=O) groups is 1. The Morgan fingerprint density at radius 2 is 1.88 bits per heavy atom. The summed E-state index contributed by atoms with van der Waals surface area (Å²) in [5, 5.41) is -0.586. The van der Waals surface area contributed by atoms with Gasteiger partial charge in [-0.05, 0) is 43.8 Å². The van der Waals surface area contributed by atoms with Crippen molar-refractivity contribution in [3.63, 3.8) is 0 Å². The van der Waals surface area contributed by atoms with Crippen LogP contribution in [-0.4, -0.2) is 54.0 Å². The number of hydrogen-bond donors (Lipinski definition) is 2. The van der Waals surface area contributed by atoms with Crippen molar-refractivity contribution in [1.29, 1.82) is 0 Å². The van der Waals surface area contributed by atoms with Crippen LogP contribution in [0.3, 0.4) is 0 Å². The third-order valence-corrected chi connectivity index (χ3v) is 5.87. The predicted molar refractivity (Wildman–Crippen MR) is 123 cm³/mol. The largest absolute Gasteiger partial charge is 0.473 e. The van der Waals surface area contributed by atoms with E-state index < -0.39 is 27.2 Å². The number of imidazole rings is 1. The first-order chi connectivity index (χ1) is 15.5. The summed E-state index contributed by atoms with van der Waals surface area (Å²) in [6.07, 6.45) is 0.564. The van der Waals surface area contributed by atoms with Gasteiger partial charge in [-0.1, -0.05) is 42.5 Å². The number of ether oxygens (including phenoxy) is 1. The van der Waals surface area contributed by atoms with Crippen molar-refractivity contribution in [2.24, 2.45) is 12.8 Å². The van der Waals surface area contributed by atoms with Crippen LogP contribution < -0.4 is 10.5 Å². The van der Waals surface area contributed by atoms with Crippen LogP contribution in [0.2, 0.25) is 0 Å². The van der Waals surface area contributed by atoms with Gasteiger partial charge < -0.3 is 19.9 Å². The predicted octanol–water partition coefficient (Wildman–Crippen LogP) is 2.16. The average molecular weight is 473 g/mol. The smallest absolute Gasteiger partial charge is 0.313 e. The van der Waals surface area contributed by atoms with E-state index >= 15 is 0 Å². The molecule has 10 heteroatoms. The van der Waals surface area contributed by atoms with Gasteiger partial charge in [0.2, 0.25) is 11.1 Å². The summed E-state index contributed by atoms with van der Waals surface area (Å²) < 4.78 is 39.3. The third-order valence-electron chi connectivity index (χ3n) is 5.14. The van der Waals surface area contributed by atoms with Crippen LogP contribution in [0.25, 0.3) is 0 Å². The Kier molecular flexibility index (Phi) is 7.52. The third kappa shape index (κ3) is 6.41. The van der Waals surface area contributed by atoms with E-state index in [4.69, 9.17) is 10.5 Å². The molecule has 2 unspecified atom stereocenters. The van der Waals surface area contributed by atoms with E-state index in [-0.39, 0.29) is 11.7 Å². The van der Waals surface area contributed by atoms with Gasteiger partial charge in [0.1, 0.15) is 5.75 Å². The highest BCUT2D eigenvalue weighted by Gasteiger charge is 2.28. The molecule has 0 saturated carbocycles. The van der Waals surface area contributed by atoms with E-state index in [0.29, 0.717) is 5.75 Å². The van der Waals surface area contributed by atoms with Gasteiger partial charge in [-0.15, -0.1) is 0 Å². The minimum Gasteiger partial charge on any atom is -0.473 e. The summed E-state index contributed by atoms with van der Waals surface area (Å²) in [6.45, 7) is 0.800. The Hall–Kier alpha value is -3.21. The summed E-state index contributed by atoms with van der Waals surface area (Å²) in [4.78, 5) is 18.1. The van der Waals surface area contributed by atoms with E-state index in [0.717, 1.165) is 24.7 Å². The summed E-state index contributed by atoms with van der Waals surface area (Å²) in [6, 6.07) is 17.5. The molecule has 0 saturated heterocycles. The summed E-state index contributed by atoms with van der Waals surface area (Å²) in [7, 11) is 0.964. The van der Waals surface area contributed by atoms with Crippen LogP contribution >= 0.6 is 0 Å². The van der Waals surface area contributed by atoms with Gasteiger partial charge in [0.25, 0.3) is 5.91 Å². The van der Waals surface area contributed by atoms with Gasteiger partial charge in [0, 0.05) is 25.7 Å². The molecule has 1 amide bonds. The van der Waals surface area contributed by atoms with Gasteiger partial charge in [-0.2, -0.15) is 8.42 Å². The Bertz CT molecular complexity index is 1210. The first-order valence-corrected chi connectivity index (χ1v) is 11.7. The molecular formula is C23H28N4O5S. The molecule has 0 fully saturated rings. The molecule has 3 aromatic rings. The van der Waals surface area contributed by atoms with Gasteiger partial charge in [-0.25, -0.2) is 4.98 Å². The Balaban J connectivity index is 1.90. The van der Waals surface area contributed by atoms with Crippen LogP contribution in [0.5, 0.6) is 5.75 Å². The molecule has 2 atom stereocenters. The minimum absolute atomic E-state index is 0.0327. The Labute approximate surface area is 193 Å². The number of rotatable bonds is 10. The summed E-state index contributed by atoms with van der Waals surface area (Å²) in [5.41, 5.74) is 7.76. The fourth-order valence-electron chi connectivity index (χ4n) is 3.66. The van der Waals surface area contributed by atoms with Crippen LogP contribution in [0, 0.1) is 0 Å². The molecule has 0 bridgehead atoms. The monoisotopic (exact) mass is 472 g/mol. The molecule has 0 spiro atoms. The number of nitrogens with zero attached hydrogens (tertiary/aromatic N) is 3. The zero-order valence-corrected chi connectivity index (χ0v) is 19.6. The molecule has 1 heterocycles. The second kappa shape index (κ2) is 10.2. The zero-order valence-electron chi connectivity index (χ0n) is 18.7. The molecular weight excluding hydrogens is 444 g/mol. The second-order valence-electron chi connectivity index (χ2n) is 8.14. The van der Waals surface area contributed by atoms with Crippen LogP contribution in [0.15, 0.2) is 65.8 Å². The number of hydrogen-bond acceptors (Lipinski definition) is 6. The normalized spacial score (nSPS) is 13.6. The first-order valence-electron chi connectivity index (χ1n) is 10.3. The van der Waals surface area contributed by atoms with E-state index in [1.807, 2.05) is 50.5 Å². The van der Waals surface area contributed by atoms with E-state index in [1.165, 1.54) is 17.2 Å². The number of likely N-dealkylation sites (N-methyl/N-ethyl adjacent to an activating group) is 1. The van der Waals surface area contributed by atoms with Crippen molar-refractivity contribution in [2.45, 2.75) is 23.5 Å². The Morgan fingerprint density at radius 1 is 1.18 bits per heavy atom. The lowest BCUT2D eigenvalue weighted by Crippen LogP contribution is -2.28. The minimum atomic E-state index is -4.54. The molecule has 33 heavy (non-hydrogen) atoms. The maximum Gasteiger partial charge on any atom is 0.313 e. The molecule has 0 aliphatic heterocycles. The Morgan fingerprint density at radius 3 is 2.45 bits per heavy atom. The molecule has 0 aliphatic rings. The number of benzene rings is 2. The van der Waals surface area contributed by atoms with Crippen molar-refractivity contribution in [2.75, 3.05) is 20.6 Å².